The molecule has 0 saturated carbocycles. The number of nitrogens with zero attached hydrogens (tertiary/aromatic N) is 3. The van der Waals surface area contributed by atoms with E-state index in [0.29, 0.717) is 5.69 Å². The third-order valence-corrected chi connectivity index (χ3v) is 2.45. The van der Waals surface area contributed by atoms with Gasteiger partial charge in [0, 0.05) is 6.07 Å². The van der Waals surface area contributed by atoms with Crippen LogP contribution in [-0.4, -0.2) is 20.8 Å². The van der Waals surface area contributed by atoms with Gasteiger partial charge in [-0.2, -0.15) is 0 Å². The van der Waals surface area contributed by atoms with Crippen molar-refractivity contribution in [2.75, 3.05) is 10.7 Å². The molecule has 0 radical (unpaired) electrons. The van der Waals surface area contributed by atoms with Crippen molar-refractivity contribution in [1.29, 1.82) is 0 Å². The molecule has 0 atom stereocenters. The summed E-state index contributed by atoms with van der Waals surface area (Å²) in [4.78, 5) is 29.8. The number of anilines is 2. The minimum atomic E-state index is -0.627. The number of hydrogen-bond acceptors (Lipinski definition) is 7. The number of nitro benzene ring substituents is 1. The zero-order valence-electron chi connectivity index (χ0n) is 10.1. The zero-order valence-corrected chi connectivity index (χ0v) is 10.1. The van der Waals surface area contributed by atoms with Gasteiger partial charge in [0.2, 0.25) is 0 Å². The number of nitrogens with one attached hydrogen (secondary N) is 2. The fourth-order valence-corrected chi connectivity index (χ4v) is 1.60. The average Bonchev–Trinajstić information content (AvgIpc) is 2.47. The van der Waals surface area contributed by atoms with E-state index in [4.69, 9.17) is 5.84 Å². The van der Waals surface area contributed by atoms with E-state index in [1.54, 1.807) is 0 Å². The highest BCUT2D eigenvalue weighted by atomic mass is 16.6. The van der Waals surface area contributed by atoms with Gasteiger partial charge in [0.25, 0.3) is 11.6 Å². The molecule has 2 rings (SSSR count). The second-order valence-electron chi connectivity index (χ2n) is 3.68. The quantitative estimate of drug-likeness (QED) is 0.428. The number of rotatable bonds is 4. The molecule has 0 saturated heterocycles. The van der Waals surface area contributed by atoms with Gasteiger partial charge in [0.1, 0.15) is 12.0 Å². The summed E-state index contributed by atoms with van der Waals surface area (Å²) >= 11 is 0. The first-order valence-electron chi connectivity index (χ1n) is 5.44. The second kappa shape index (κ2) is 5.71. The molecule has 0 spiro atoms. The number of nitro groups is 1. The predicted octanol–water partition coefficient (Wildman–Crippen LogP) is 0.923. The van der Waals surface area contributed by atoms with Crippen LogP contribution in [0.15, 0.2) is 36.9 Å². The molecule has 0 aliphatic rings. The highest BCUT2D eigenvalue weighted by Crippen LogP contribution is 2.27. The van der Waals surface area contributed by atoms with Crippen molar-refractivity contribution in [2.24, 2.45) is 5.84 Å². The Hall–Kier alpha value is -3.07. The first-order chi connectivity index (χ1) is 9.63. The van der Waals surface area contributed by atoms with Crippen LogP contribution in [0.4, 0.5) is 17.1 Å². The third kappa shape index (κ3) is 2.67. The summed E-state index contributed by atoms with van der Waals surface area (Å²) in [5, 5.41) is 13.4. The number of carbonyl (C=O) groups excluding carboxylic acids is 1. The molecule has 1 aromatic heterocycles. The van der Waals surface area contributed by atoms with Crippen LogP contribution in [0.25, 0.3) is 0 Å². The Morgan fingerprint density at radius 2 is 2.00 bits per heavy atom. The van der Waals surface area contributed by atoms with E-state index in [2.05, 4.69) is 20.7 Å². The Bertz CT molecular complexity index is 646. The Balaban J connectivity index is 2.35. The number of benzene rings is 1. The van der Waals surface area contributed by atoms with E-state index in [1.165, 1.54) is 36.9 Å². The van der Waals surface area contributed by atoms with Gasteiger partial charge in [-0.15, -0.1) is 0 Å². The van der Waals surface area contributed by atoms with E-state index in [9.17, 15) is 14.9 Å². The fourth-order valence-electron chi connectivity index (χ4n) is 1.60. The highest BCUT2D eigenvalue weighted by molar-refractivity contribution is 6.09. The third-order valence-electron chi connectivity index (χ3n) is 2.45. The Morgan fingerprint density at radius 1 is 1.30 bits per heavy atom. The van der Waals surface area contributed by atoms with Crippen molar-refractivity contribution in [3.05, 3.63) is 52.6 Å². The average molecular weight is 274 g/mol. The summed E-state index contributed by atoms with van der Waals surface area (Å²) in [6, 6.07) is 4.06. The predicted molar refractivity (Wildman–Crippen MR) is 70.9 cm³/mol. The van der Waals surface area contributed by atoms with Crippen LogP contribution >= 0.6 is 0 Å². The molecule has 1 aromatic carbocycles. The van der Waals surface area contributed by atoms with Crippen LogP contribution in [0.3, 0.4) is 0 Å². The number of hydrazine groups is 1. The molecule has 9 nitrogen and oxygen atoms in total. The minimum Gasteiger partial charge on any atom is -0.319 e. The summed E-state index contributed by atoms with van der Waals surface area (Å²) in [7, 11) is 0. The molecule has 0 unspecified atom stereocenters. The normalized spacial score (nSPS) is 9.85. The SMILES string of the molecule is NNc1c(C(=O)Nc2cncnc2)cccc1[N+](=O)[O-]. The number of nitrogens with two attached hydrogens (primary N) is 1. The van der Waals surface area contributed by atoms with E-state index in [-0.39, 0.29) is 16.9 Å². The maximum Gasteiger partial charge on any atom is 0.294 e. The largest absolute Gasteiger partial charge is 0.319 e. The maximum absolute atomic E-state index is 12.1. The molecule has 4 N–H and O–H groups in total. The molecule has 9 heteroatoms. The molecule has 0 aliphatic carbocycles. The molecular weight excluding hydrogens is 264 g/mol. The van der Waals surface area contributed by atoms with Crippen molar-refractivity contribution in [1.82, 2.24) is 9.97 Å². The second-order valence-corrected chi connectivity index (χ2v) is 3.68. The van der Waals surface area contributed by atoms with Crippen molar-refractivity contribution in [3.63, 3.8) is 0 Å². The summed E-state index contributed by atoms with van der Waals surface area (Å²) in [5.41, 5.74) is 2.24. The van der Waals surface area contributed by atoms with Crippen LogP contribution in [0.2, 0.25) is 0 Å². The Kier molecular flexibility index (Phi) is 3.82. The van der Waals surface area contributed by atoms with Crippen LogP contribution in [-0.2, 0) is 0 Å². The van der Waals surface area contributed by atoms with Crippen LogP contribution in [0.1, 0.15) is 10.4 Å². The number of nitrogen functional groups attached to an aromatic ring is 1. The highest BCUT2D eigenvalue weighted by Gasteiger charge is 2.20. The summed E-state index contributed by atoms with van der Waals surface area (Å²) < 4.78 is 0. The lowest BCUT2D eigenvalue weighted by Gasteiger charge is -2.09. The first kappa shape index (κ1) is 13.4. The van der Waals surface area contributed by atoms with Gasteiger partial charge in [-0.3, -0.25) is 20.8 Å². The molecule has 0 bridgehead atoms. The van der Waals surface area contributed by atoms with Gasteiger partial charge < -0.3 is 10.7 Å². The molecule has 2 aromatic rings. The summed E-state index contributed by atoms with van der Waals surface area (Å²) in [6.45, 7) is 0. The number of para-hydroxylation sites is 1. The standard InChI is InChI=1S/C11H10N6O3/c12-16-10-8(2-1-3-9(10)17(19)20)11(18)15-7-4-13-6-14-5-7/h1-6,16H,12H2,(H,15,18). The van der Waals surface area contributed by atoms with E-state index in [0.717, 1.165) is 0 Å². The van der Waals surface area contributed by atoms with Gasteiger partial charge in [-0.25, -0.2) is 9.97 Å². The lowest BCUT2D eigenvalue weighted by molar-refractivity contribution is -0.384. The van der Waals surface area contributed by atoms with Gasteiger partial charge in [-0.05, 0) is 6.07 Å². The van der Waals surface area contributed by atoms with E-state index in [1.807, 2.05) is 0 Å². The maximum atomic E-state index is 12.1. The van der Waals surface area contributed by atoms with Crippen LogP contribution < -0.4 is 16.6 Å². The van der Waals surface area contributed by atoms with Crippen molar-refractivity contribution < 1.29 is 9.72 Å². The smallest absolute Gasteiger partial charge is 0.294 e. The number of amides is 1. The Morgan fingerprint density at radius 3 is 2.60 bits per heavy atom. The molecule has 1 heterocycles. The summed E-state index contributed by atoms with van der Waals surface area (Å²) in [6.07, 6.45) is 4.12. The van der Waals surface area contributed by atoms with Gasteiger partial charge in [-0.1, -0.05) is 6.07 Å². The minimum absolute atomic E-state index is 0.0468. The number of carbonyl (C=O) groups is 1. The number of hydrogen-bond donors (Lipinski definition) is 3. The van der Waals surface area contributed by atoms with Crippen LogP contribution in [0, 0.1) is 10.1 Å². The molecule has 102 valence electrons. The van der Waals surface area contributed by atoms with Gasteiger partial charge in [0.15, 0.2) is 0 Å². The van der Waals surface area contributed by atoms with E-state index < -0.39 is 10.8 Å². The lowest BCUT2D eigenvalue weighted by atomic mass is 10.1. The van der Waals surface area contributed by atoms with Crippen molar-refractivity contribution in [3.8, 4) is 0 Å². The van der Waals surface area contributed by atoms with Crippen LogP contribution in [0.5, 0.6) is 0 Å². The first-order valence-corrected chi connectivity index (χ1v) is 5.44. The van der Waals surface area contributed by atoms with Crippen molar-refractivity contribution in [2.45, 2.75) is 0 Å². The monoisotopic (exact) mass is 274 g/mol. The molecule has 0 fully saturated rings. The molecule has 20 heavy (non-hydrogen) atoms. The Labute approximate surface area is 113 Å². The van der Waals surface area contributed by atoms with E-state index >= 15 is 0 Å². The zero-order chi connectivity index (χ0) is 14.5. The van der Waals surface area contributed by atoms with Crippen molar-refractivity contribution >= 4 is 23.0 Å². The van der Waals surface area contributed by atoms with Gasteiger partial charge >= 0.3 is 0 Å². The number of aromatic nitrogens is 2. The fraction of sp³-hybridized carbons (Fsp3) is 0. The summed E-state index contributed by atoms with van der Waals surface area (Å²) in [5.74, 6) is 4.70. The lowest BCUT2D eigenvalue weighted by Crippen LogP contribution is -2.18. The van der Waals surface area contributed by atoms with Gasteiger partial charge in [0.05, 0.1) is 28.6 Å². The topological polar surface area (TPSA) is 136 Å². The molecule has 1 amide bonds. The molecular formula is C11H10N6O3. The molecule has 0 aliphatic heterocycles.